The van der Waals surface area contributed by atoms with E-state index in [0.29, 0.717) is 28.9 Å². The molecule has 0 atom stereocenters. The van der Waals surface area contributed by atoms with E-state index in [1.54, 1.807) is 18.2 Å². The van der Waals surface area contributed by atoms with Gasteiger partial charge in [0.1, 0.15) is 18.1 Å². The lowest BCUT2D eigenvalue weighted by Gasteiger charge is -2.12. The summed E-state index contributed by atoms with van der Waals surface area (Å²) in [4.78, 5) is 14.0. The van der Waals surface area contributed by atoms with Crippen molar-refractivity contribution in [2.45, 2.75) is 6.54 Å². The lowest BCUT2D eigenvalue weighted by molar-refractivity contribution is -0.123. The van der Waals surface area contributed by atoms with E-state index in [0.717, 1.165) is 17.9 Å². The Labute approximate surface area is 163 Å². The number of likely N-dealkylation sites (N-methyl/N-ethyl adjacent to an activating group) is 1. The zero-order chi connectivity index (χ0) is 18.9. The van der Waals surface area contributed by atoms with Gasteiger partial charge in [0.25, 0.3) is 5.91 Å². The molecule has 0 aromatic heterocycles. The van der Waals surface area contributed by atoms with E-state index < -0.39 is 0 Å². The molecule has 2 aromatic carbocycles. The molecule has 0 heterocycles. The Balaban J connectivity index is 1.74. The molecule has 1 amide bonds. The molecule has 0 saturated carbocycles. The molecule has 0 spiro atoms. The van der Waals surface area contributed by atoms with E-state index >= 15 is 0 Å². The van der Waals surface area contributed by atoms with Gasteiger partial charge < -0.3 is 19.7 Å². The Morgan fingerprint density at radius 1 is 1.08 bits per heavy atom. The third kappa shape index (κ3) is 7.12. The average Bonchev–Trinajstić information content (AvgIpc) is 2.61. The first-order valence-corrected chi connectivity index (χ1v) is 8.90. The van der Waals surface area contributed by atoms with Gasteiger partial charge in [-0.1, -0.05) is 35.3 Å². The summed E-state index contributed by atoms with van der Waals surface area (Å²) in [7, 11) is 4.00. The van der Waals surface area contributed by atoms with Crippen LogP contribution in [0.1, 0.15) is 5.56 Å². The van der Waals surface area contributed by atoms with Crippen molar-refractivity contribution in [1.82, 2.24) is 10.2 Å². The molecule has 140 valence electrons. The zero-order valence-corrected chi connectivity index (χ0v) is 16.3. The minimum Gasteiger partial charge on any atom is -0.492 e. The molecule has 0 aliphatic rings. The second kappa shape index (κ2) is 10.3. The fourth-order valence-electron chi connectivity index (χ4n) is 2.03. The highest BCUT2D eigenvalue weighted by Gasteiger charge is 2.07. The topological polar surface area (TPSA) is 50.8 Å². The largest absolute Gasteiger partial charge is 0.492 e. The molecule has 0 aliphatic carbocycles. The van der Waals surface area contributed by atoms with Gasteiger partial charge in [0.05, 0.1) is 5.02 Å². The van der Waals surface area contributed by atoms with Gasteiger partial charge in [-0.3, -0.25) is 4.79 Å². The Hall–Kier alpha value is -1.95. The van der Waals surface area contributed by atoms with Crippen LogP contribution in [0.15, 0.2) is 42.5 Å². The predicted molar refractivity (Wildman–Crippen MR) is 104 cm³/mol. The number of hydrogen-bond acceptors (Lipinski definition) is 4. The smallest absolute Gasteiger partial charge is 0.258 e. The average molecular weight is 397 g/mol. The maximum Gasteiger partial charge on any atom is 0.258 e. The molecule has 2 rings (SSSR count). The van der Waals surface area contributed by atoms with Gasteiger partial charge in [0.2, 0.25) is 0 Å². The Morgan fingerprint density at radius 2 is 1.81 bits per heavy atom. The van der Waals surface area contributed by atoms with Crippen molar-refractivity contribution >= 4 is 29.1 Å². The van der Waals surface area contributed by atoms with E-state index in [1.165, 1.54) is 0 Å². The summed E-state index contributed by atoms with van der Waals surface area (Å²) in [6.45, 7) is 1.76. The minimum atomic E-state index is -0.243. The van der Waals surface area contributed by atoms with Crippen LogP contribution in [-0.4, -0.2) is 44.7 Å². The van der Waals surface area contributed by atoms with Crippen molar-refractivity contribution in [3.05, 3.63) is 58.1 Å². The first-order valence-electron chi connectivity index (χ1n) is 8.15. The quantitative estimate of drug-likeness (QED) is 0.702. The molecular weight excluding hydrogens is 375 g/mol. The van der Waals surface area contributed by atoms with Gasteiger partial charge in [-0.05, 0) is 43.9 Å². The van der Waals surface area contributed by atoms with Crippen LogP contribution in [0.4, 0.5) is 0 Å². The molecular formula is C19H22Cl2N2O3. The first kappa shape index (κ1) is 20.4. The number of nitrogens with zero attached hydrogens (tertiary/aromatic N) is 1. The Bertz CT molecular complexity index is 721. The molecule has 0 unspecified atom stereocenters. The Kier molecular flexibility index (Phi) is 8.04. The monoisotopic (exact) mass is 396 g/mol. The van der Waals surface area contributed by atoms with Crippen LogP contribution < -0.4 is 14.8 Å². The molecule has 5 nitrogen and oxygen atoms in total. The minimum absolute atomic E-state index is 0.133. The highest BCUT2D eigenvalue weighted by atomic mass is 35.5. The van der Waals surface area contributed by atoms with Crippen molar-refractivity contribution in [2.24, 2.45) is 0 Å². The third-order valence-electron chi connectivity index (χ3n) is 3.47. The fourth-order valence-corrected chi connectivity index (χ4v) is 2.37. The lowest BCUT2D eigenvalue weighted by Crippen LogP contribution is -2.28. The van der Waals surface area contributed by atoms with Crippen LogP contribution in [0, 0.1) is 0 Å². The van der Waals surface area contributed by atoms with Gasteiger partial charge in [-0.2, -0.15) is 0 Å². The molecule has 1 N–H and O–H groups in total. The van der Waals surface area contributed by atoms with Crippen molar-refractivity contribution in [3.63, 3.8) is 0 Å². The van der Waals surface area contributed by atoms with Crippen LogP contribution in [0.5, 0.6) is 11.5 Å². The number of halogens is 2. The number of rotatable bonds is 9. The van der Waals surface area contributed by atoms with Crippen molar-refractivity contribution in [1.29, 1.82) is 0 Å². The standard InChI is InChI=1S/C19H22Cl2N2O3/c1-23(2)9-10-25-16-6-3-14(4-7-16)12-22-19(24)13-26-18-11-15(20)5-8-17(18)21/h3-8,11H,9-10,12-13H2,1-2H3,(H,22,24). The summed E-state index contributed by atoms with van der Waals surface area (Å²) in [5, 5.41) is 3.70. The number of benzene rings is 2. The second-order valence-electron chi connectivity index (χ2n) is 5.94. The van der Waals surface area contributed by atoms with Gasteiger partial charge in [0, 0.05) is 24.2 Å². The number of ether oxygens (including phenoxy) is 2. The summed E-state index contributed by atoms with van der Waals surface area (Å²) >= 11 is 11.9. The second-order valence-corrected chi connectivity index (χ2v) is 6.78. The van der Waals surface area contributed by atoms with Gasteiger partial charge >= 0.3 is 0 Å². The van der Waals surface area contributed by atoms with Crippen LogP contribution >= 0.6 is 23.2 Å². The van der Waals surface area contributed by atoms with Crippen LogP contribution in [-0.2, 0) is 11.3 Å². The Morgan fingerprint density at radius 3 is 2.50 bits per heavy atom. The van der Waals surface area contributed by atoms with E-state index in [9.17, 15) is 4.79 Å². The number of hydrogen-bond donors (Lipinski definition) is 1. The summed E-state index contributed by atoms with van der Waals surface area (Å²) in [6.07, 6.45) is 0. The first-order chi connectivity index (χ1) is 12.4. The van der Waals surface area contributed by atoms with E-state index in [4.69, 9.17) is 32.7 Å². The molecule has 2 aromatic rings. The van der Waals surface area contributed by atoms with Crippen LogP contribution in [0.25, 0.3) is 0 Å². The predicted octanol–water partition coefficient (Wildman–Crippen LogP) is 3.63. The molecule has 7 heteroatoms. The third-order valence-corrected chi connectivity index (χ3v) is 4.02. The molecule has 0 fully saturated rings. The van der Waals surface area contributed by atoms with Crippen molar-refractivity contribution in [3.8, 4) is 11.5 Å². The van der Waals surface area contributed by atoms with Gasteiger partial charge in [0.15, 0.2) is 6.61 Å². The molecule has 0 bridgehead atoms. The maximum absolute atomic E-state index is 11.9. The normalized spacial score (nSPS) is 10.7. The van der Waals surface area contributed by atoms with Crippen LogP contribution in [0.3, 0.4) is 0 Å². The molecule has 26 heavy (non-hydrogen) atoms. The number of amides is 1. The van der Waals surface area contributed by atoms with Crippen LogP contribution in [0.2, 0.25) is 10.0 Å². The van der Waals surface area contributed by atoms with E-state index in [-0.39, 0.29) is 12.5 Å². The summed E-state index contributed by atoms with van der Waals surface area (Å²) in [6, 6.07) is 12.5. The zero-order valence-electron chi connectivity index (χ0n) is 14.8. The highest BCUT2D eigenvalue weighted by Crippen LogP contribution is 2.27. The van der Waals surface area contributed by atoms with Gasteiger partial charge in [-0.15, -0.1) is 0 Å². The SMILES string of the molecule is CN(C)CCOc1ccc(CNC(=O)COc2cc(Cl)ccc2Cl)cc1. The molecule has 0 radical (unpaired) electrons. The lowest BCUT2D eigenvalue weighted by atomic mass is 10.2. The summed E-state index contributed by atoms with van der Waals surface area (Å²) < 4.78 is 11.0. The number of carbonyl (C=O) groups excluding carboxylic acids is 1. The summed E-state index contributed by atoms with van der Waals surface area (Å²) in [5.41, 5.74) is 0.971. The maximum atomic E-state index is 11.9. The van der Waals surface area contributed by atoms with E-state index in [2.05, 4.69) is 10.2 Å². The summed E-state index contributed by atoms with van der Waals surface area (Å²) in [5.74, 6) is 0.946. The van der Waals surface area contributed by atoms with Gasteiger partial charge in [-0.25, -0.2) is 0 Å². The van der Waals surface area contributed by atoms with Crippen molar-refractivity contribution < 1.29 is 14.3 Å². The molecule has 0 aliphatic heterocycles. The highest BCUT2D eigenvalue weighted by molar-refractivity contribution is 6.34. The molecule has 0 saturated heterocycles. The van der Waals surface area contributed by atoms with E-state index in [1.807, 2.05) is 38.4 Å². The number of carbonyl (C=O) groups is 1. The van der Waals surface area contributed by atoms with Crippen molar-refractivity contribution in [2.75, 3.05) is 33.9 Å². The number of nitrogens with one attached hydrogen (secondary N) is 1. The fraction of sp³-hybridized carbons (Fsp3) is 0.316.